The van der Waals surface area contributed by atoms with E-state index in [1.165, 1.54) is 6.33 Å². The van der Waals surface area contributed by atoms with E-state index in [1.54, 1.807) is 29.2 Å². The van der Waals surface area contributed by atoms with Crippen LogP contribution in [0.4, 0.5) is 21.8 Å². The third kappa shape index (κ3) is 4.02. The Morgan fingerprint density at radius 1 is 1.30 bits per heavy atom. The number of imidazole rings is 1. The van der Waals surface area contributed by atoms with Crippen molar-refractivity contribution in [1.29, 1.82) is 5.41 Å². The average Bonchev–Trinajstić information content (AvgIpc) is 3.30. The lowest BCUT2D eigenvalue weighted by Crippen LogP contribution is -2.16. The minimum Gasteiger partial charge on any atom is -0.324 e. The fourth-order valence-electron chi connectivity index (χ4n) is 2.94. The zero-order valence-corrected chi connectivity index (χ0v) is 16.6. The van der Waals surface area contributed by atoms with Gasteiger partial charge >= 0.3 is 0 Å². The number of hydrogen-bond donors (Lipinski definition) is 3. The lowest BCUT2D eigenvalue weighted by molar-refractivity contribution is -0.117. The highest BCUT2D eigenvalue weighted by Crippen LogP contribution is 2.34. The molecule has 30 heavy (non-hydrogen) atoms. The Kier molecular flexibility index (Phi) is 5.21. The van der Waals surface area contributed by atoms with Crippen LogP contribution in [0.25, 0.3) is 5.82 Å². The third-order valence-electron chi connectivity index (χ3n) is 4.86. The lowest BCUT2D eigenvalue weighted by Gasteiger charge is -2.12. The van der Waals surface area contributed by atoms with E-state index in [4.69, 9.17) is 5.41 Å². The van der Waals surface area contributed by atoms with E-state index in [9.17, 15) is 9.18 Å². The van der Waals surface area contributed by atoms with Gasteiger partial charge in [0.25, 0.3) is 0 Å². The summed E-state index contributed by atoms with van der Waals surface area (Å²) in [7, 11) is 0. The van der Waals surface area contributed by atoms with E-state index < -0.39 is 12.1 Å². The van der Waals surface area contributed by atoms with Crippen LogP contribution in [0.5, 0.6) is 0 Å². The Bertz CT molecular complexity index is 1110. The molecule has 10 heteroatoms. The summed E-state index contributed by atoms with van der Waals surface area (Å²) in [6.45, 7) is 3.85. The van der Waals surface area contributed by atoms with Gasteiger partial charge in [-0.25, -0.2) is 19.3 Å². The van der Waals surface area contributed by atoms with Crippen LogP contribution >= 0.6 is 0 Å². The second-order valence-electron chi connectivity index (χ2n) is 7.07. The molecule has 154 valence electrons. The normalized spacial score (nSPS) is 17.4. The van der Waals surface area contributed by atoms with Crippen molar-refractivity contribution in [2.24, 2.45) is 5.92 Å². The predicted octanol–water partition coefficient (Wildman–Crippen LogP) is 3.18. The molecule has 3 aromatic rings. The van der Waals surface area contributed by atoms with Gasteiger partial charge in [-0.15, -0.1) is 0 Å². The summed E-state index contributed by atoms with van der Waals surface area (Å²) < 4.78 is 14.8. The summed E-state index contributed by atoms with van der Waals surface area (Å²) in [5.74, 6) is 0.309. The van der Waals surface area contributed by atoms with Crippen LogP contribution in [0.2, 0.25) is 0 Å². The number of halogens is 1. The van der Waals surface area contributed by atoms with Crippen molar-refractivity contribution in [2.45, 2.75) is 32.9 Å². The molecule has 0 saturated heterocycles. The van der Waals surface area contributed by atoms with E-state index in [1.807, 2.05) is 19.9 Å². The molecular weight excluding hydrogens is 387 g/mol. The molecule has 0 unspecified atom stereocenters. The molecule has 0 radical (unpaired) electrons. The topological polar surface area (TPSA) is 121 Å². The number of carbonyl (C=O) groups is 1. The number of anilines is 3. The Morgan fingerprint density at radius 2 is 2.10 bits per heavy atom. The number of pyridine rings is 1. The number of amides is 1. The van der Waals surface area contributed by atoms with Gasteiger partial charge < -0.3 is 16.0 Å². The highest BCUT2D eigenvalue weighted by atomic mass is 19.1. The van der Waals surface area contributed by atoms with Crippen LogP contribution in [0.1, 0.15) is 31.0 Å². The minimum atomic E-state index is -1.07. The summed E-state index contributed by atoms with van der Waals surface area (Å²) in [6, 6.07) is 3.45. The van der Waals surface area contributed by atoms with Crippen LogP contribution in [0.3, 0.4) is 0 Å². The van der Waals surface area contributed by atoms with Gasteiger partial charge in [0.15, 0.2) is 0 Å². The number of hydrogen-bond acceptors (Lipinski definition) is 7. The smallest absolute Gasteiger partial charge is 0.231 e. The van der Waals surface area contributed by atoms with Gasteiger partial charge in [-0.1, -0.05) is 6.92 Å². The maximum absolute atomic E-state index is 13.1. The number of rotatable bonds is 7. The SMILES string of the molecule is CCC(=N)c1cc(C)c(Nc2nccn2-c2cc(NC(=O)[C@@H]3C[C@@H]3F)ncn2)cn1. The summed E-state index contributed by atoms with van der Waals surface area (Å²) in [4.78, 5) is 28.9. The maximum atomic E-state index is 13.1. The highest BCUT2D eigenvalue weighted by molar-refractivity contribution is 5.96. The molecule has 0 aliphatic heterocycles. The summed E-state index contributed by atoms with van der Waals surface area (Å²) in [5, 5.41) is 13.8. The number of aromatic nitrogens is 5. The van der Waals surface area contributed by atoms with E-state index in [0.29, 0.717) is 35.4 Å². The first-order valence-electron chi connectivity index (χ1n) is 9.58. The van der Waals surface area contributed by atoms with Crippen LogP contribution < -0.4 is 10.6 Å². The van der Waals surface area contributed by atoms with E-state index in [0.717, 1.165) is 11.3 Å². The largest absolute Gasteiger partial charge is 0.324 e. The quantitative estimate of drug-likeness (QED) is 0.516. The first-order valence-corrected chi connectivity index (χ1v) is 9.58. The molecule has 3 N–H and O–H groups in total. The van der Waals surface area contributed by atoms with Crippen LogP contribution in [-0.2, 0) is 4.79 Å². The molecule has 1 aliphatic carbocycles. The second kappa shape index (κ2) is 7.97. The Labute approximate surface area is 172 Å². The lowest BCUT2D eigenvalue weighted by atomic mass is 10.1. The monoisotopic (exact) mass is 408 g/mol. The van der Waals surface area contributed by atoms with Crippen molar-refractivity contribution in [1.82, 2.24) is 24.5 Å². The molecular formula is C20H21FN8O. The molecule has 2 atom stereocenters. The van der Waals surface area contributed by atoms with Crippen molar-refractivity contribution in [2.75, 3.05) is 10.6 Å². The summed E-state index contributed by atoms with van der Waals surface area (Å²) >= 11 is 0. The van der Waals surface area contributed by atoms with Crippen LogP contribution in [0.15, 0.2) is 37.1 Å². The molecule has 1 fully saturated rings. The molecule has 0 aromatic carbocycles. The second-order valence-corrected chi connectivity index (χ2v) is 7.07. The molecule has 0 spiro atoms. The van der Waals surface area contributed by atoms with Crippen molar-refractivity contribution >= 4 is 29.1 Å². The molecule has 3 heterocycles. The summed E-state index contributed by atoms with van der Waals surface area (Å²) in [5.41, 5.74) is 2.80. The van der Waals surface area contributed by atoms with Crippen LogP contribution in [0, 0.1) is 18.3 Å². The number of nitrogens with one attached hydrogen (secondary N) is 3. The molecule has 1 amide bonds. The van der Waals surface area contributed by atoms with Gasteiger partial charge in [0.05, 0.1) is 29.2 Å². The number of aryl methyl sites for hydroxylation is 1. The van der Waals surface area contributed by atoms with Crippen LogP contribution in [-0.4, -0.2) is 42.3 Å². The molecule has 1 saturated carbocycles. The number of carbonyl (C=O) groups excluding carboxylic acids is 1. The fraction of sp³-hybridized carbons (Fsp3) is 0.300. The third-order valence-corrected chi connectivity index (χ3v) is 4.86. The van der Waals surface area contributed by atoms with Gasteiger partial charge in [-0.2, -0.15) is 0 Å². The van der Waals surface area contributed by atoms with Gasteiger partial charge in [0.2, 0.25) is 11.9 Å². The number of alkyl halides is 1. The molecule has 0 bridgehead atoms. The standard InChI is InChI=1S/C20H21FN8O/c1-3-14(22)15-6-11(2)16(9-24-15)27-20-23-4-5-29(20)18-8-17(25-10-26-18)28-19(30)12-7-13(12)21/h4-6,8-10,12-13,22H,3,7H2,1-2H3,(H,23,27)(H,25,26,28,30)/t12-,13+/m1/s1. The highest BCUT2D eigenvalue weighted by Gasteiger charge is 2.43. The zero-order valence-electron chi connectivity index (χ0n) is 16.6. The molecule has 1 aliphatic rings. The average molecular weight is 408 g/mol. The first-order chi connectivity index (χ1) is 14.5. The molecule has 3 aromatic heterocycles. The fourth-order valence-corrected chi connectivity index (χ4v) is 2.94. The van der Waals surface area contributed by atoms with Crippen molar-refractivity contribution in [3.8, 4) is 5.82 Å². The summed E-state index contributed by atoms with van der Waals surface area (Å²) in [6.07, 6.45) is 6.13. The van der Waals surface area contributed by atoms with Crippen molar-refractivity contribution < 1.29 is 9.18 Å². The zero-order chi connectivity index (χ0) is 21.3. The Balaban J connectivity index is 1.54. The van der Waals surface area contributed by atoms with Gasteiger partial charge in [-0.05, 0) is 31.4 Å². The molecule has 9 nitrogen and oxygen atoms in total. The Hall–Kier alpha value is -3.69. The first kappa shape index (κ1) is 19.6. The van der Waals surface area contributed by atoms with E-state index in [-0.39, 0.29) is 12.3 Å². The van der Waals surface area contributed by atoms with Crippen molar-refractivity contribution in [3.63, 3.8) is 0 Å². The van der Waals surface area contributed by atoms with Gasteiger partial charge in [-0.3, -0.25) is 14.3 Å². The Morgan fingerprint density at radius 3 is 2.80 bits per heavy atom. The minimum absolute atomic E-state index is 0.253. The van der Waals surface area contributed by atoms with Gasteiger partial charge in [0.1, 0.15) is 24.1 Å². The molecule has 4 rings (SSSR count). The maximum Gasteiger partial charge on any atom is 0.231 e. The van der Waals surface area contributed by atoms with E-state index >= 15 is 0 Å². The van der Waals surface area contributed by atoms with E-state index in [2.05, 4.69) is 30.6 Å². The van der Waals surface area contributed by atoms with Crippen molar-refractivity contribution in [3.05, 3.63) is 48.3 Å². The predicted molar refractivity (Wildman–Crippen MR) is 110 cm³/mol. The van der Waals surface area contributed by atoms with Gasteiger partial charge in [0, 0.05) is 18.5 Å². The number of nitrogens with zero attached hydrogens (tertiary/aromatic N) is 5.